The van der Waals surface area contributed by atoms with E-state index in [4.69, 9.17) is 0 Å². The van der Waals surface area contributed by atoms with Crippen molar-refractivity contribution in [1.82, 2.24) is 4.90 Å². The summed E-state index contributed by atoms with van der Waals surface area (Å²) in [6, 6.07) is 10.2. The Balaban J connectivity index is 1.98. The fourth-order valence-corrected chi connectivity index (χ4v) is 2.34. The third-order valence-electron chi connectivity index (χ3n) is 3.77. The lowest BCUT2D eigenvalue weighted by Gasteiger charge is -2.31. The second-order valence-corrected chi connectivity index (χ2v) is 5.13. The quantitative estimate of drug-likeness (QED) is 0.816. The lowest BCUT2D eigenvalue weighted by atomic mass is 10.0. The molecule has 1 aromatic rings. The van der Waals surface area contributed by atoms with E-state index in [2.05, 4.69) is 18.7 Å². The highest BCUT2D eigenvalue weighted by atomic mass is 16.3. The number of aliphatic hydroxyl groups excluding tert-OH is 1. The van der Waals surface area contributed by atoms with Crippen molar-refractivity contribution in [1.29, 1.82) is 0 Å². The zero-order valence-corrected chi connectivity index (χ0v) is 10.8. The molecule has 2 nitrogen and oxygen atoms in total. The standard InChI is InChI=1S/C15H23NO/c1-3-16(11-13-9-10-13)12(2)15(17)14-7-5-4-6-8-14/h4-8,12-13,15,17H,3,9-11H2,1-2H3. The molecular weight excluding hydrogens is 210 g/mol. The van der Waals surface area contributed by atoms with Crippen LogP contribution in [0.4, 0.5) is 0 Å². The molecule has 1 fully saturated rings. The van der Waals surface area contributed by atoms with Gasteiger partial charge in [0.25, 0.3) is 0 Å². The predicted octanol–water partition coefficient (Wildman–Crippen LogP) is 2.84. The van der Waals surface area contributed by atoms with Gasteiger partial charge < -0.3 is 5.11 Å². The van der Waals surface area contributed by atoms with Gasteiger partial charge in [-0.05, 0) is 37.8 Å². The summed E-state index contributed by atoms with van der Waals surface area (Å²) in [6.07, 6.45) is 2.35. The SMILES string of the molecule is CCN(CC1CC1)C(C)C(O)c1ccccc1. The minimum Gasteiger partial charge on any atom is -0.387 e. The van der Waals surface area contributed by atoms with Crippen molar-refractivity contribution in [3.8, 4) is 0 Å². The van der Waals surface area contributed by atoms with Gasteiger partial charge in [0.2, 0.25) is 0 Å². The smallest absolute Gasteiger partial charge is 0.0942 e. The van der Waals surface area contributed by atoms with Crippen molar-refractivity contribution in [3.05, 3.63) is 35.9 Å². The van der Waals surface area contributed by atoms with Gasteiger partial charge in [0, 0.05) is 12.6 Å². The molecule has 0 spiro atoms. The fourth-order valence-electron chi connectivity index (χ4n) is 2.34. The molecule has 2 unspecified atom stereocenters. The highest BCUT2D eigenvalue weighted by Crippen LogP contribution is 2.31. The van der Waals surface area contributed by atoms with E-state index in [0.717, 1.165) is 24.6 Å². The van der Waals surface area contributed by atoms with E-state index >= 15 is 0 Å². The second-order valence-electron chi connectivity index (χ2n) is 5.13. The van der Waals surface area contributed by atoms with Crippen molar-refractivity contribution in [2.24, 2.45) is 5.92 Å². The van der Waals surface area contributed by atoms with E-state index in [1.807, 2.05) is 30.3 Å². The number of benzene rings is 1. The Morgan fingerprint density at radius 2 is 1.94 bits per heavy atom. The van der Waals surface area contributed by atoms with Crippen LogP contribution in [0.5, 0.6) is 0 Å². The van der Waals surface area contributed by atoms with Gasteiger partial charge in [0.15, 0.2) is 0 Å². The summed E-state index contributed by atoms with van der Waals surface area (Å²) in [6.45, 7) is 6.46. The number of nitrogens with zero attached hydrogens (tertiary/aromatic N) is 1. The van der Waals surface area contributed by atoms with Gasteiger partial charge in [-0.15, -0.1) is 0 Å². The molecule has 17 heavy (non-hydrogen) atoms. The lowest BCUT2D eigenvalue weighted by molar-refractivity contribution is 0.0581. The van der Waals surface area contributed by atoms with Gasteiger partial charge in [-0.3, -0.25) is 4.90 Å². The monoisotopic (exact) mass is 233 g/mol. The predicted molar refractivity (Wildman–Crippen MR) is 70.8 cm³/mol. The van der Waals surface area contributed by atoms with Crippen LogP contribution in [-0.4, -0.2) is 29.1 Å². The maximum Gasteiger partial charge on any atom is 0.0942 e. The Labute approximate surface area is 104 Å². The summed E-state index contributed by atoms with van der Waals surface area (Å²) in [5.74, 6) is 0.875. The first-order chi connectivity index (χ1) is 8.22. The van der Waals surface area contributed by atoms with E-state index < -0.39 is 0 Å². The van der Waals surface area contributed by atoms with Crippen molar-refractivity contribution in [2.75, 3.05) is 13.1 Å². The van der Waals surface area contributed by atoms with E-state index in [-0.39, 0.29) is 12.1 Å². The first kappa shape index (κ1) is 12.6. The molecule has 2 atom stereocenters. The topological polar surface area (TPSA) is 23.5 Å². The van der Waals surface area contributed by atoms with Crippen LogP contribution >= 0.6 is 0 Å². The summed E-state index contributed by atoms with van der Waals surface area (Å²) in [4.78, 5) is 2.40. The molecule has 1 N–H and O–H groups in total. The minimum absolute atomic E-state index is 0.197. The molecule has 94 valence electrons. The molecule has 0 heterocycles. The van der Waals surface area contributed by atoms with Crippen molar-refractivity contribution in [3.63, 3.8) is 0 Å². The van der Waals surface area contributed by atoms with Crippen molar-refractivity contribution in [2.45, 2.75) is 38.8 Å². The number of rotatable bonds is 6. The van der Waals surface area contributed by atoms with E-state index in [0.29, 0.717) is 0 Å². The number of likely N-dealkylation sites (N-methyl/N-ethyl adjacent to an activating group) is 1. The molecule has 1 aliphatic carbocycles. The fraction of sp³-hybridized carbons (Fsp3) is 0.600. The molecule has 1 saturated carbocycles. The molecule has 2 heteroatoms. The Hall–Kier alpha value is -0.860. The van der Waals surface area contributed by atoms with Crippen LogP contribution in [-0.2, 0) is 0 Å². The first-order valence-corrected chi connectivity index (χ1v) is 6.69. The largest absolute Gasteiger partial charge is 0.387 e. The van der Waals surface area contributed by atoms with Crippen LogP contribution in [0.25, 0.3) is 0 Å². The summed E-state index contributed by atoms with van der Waals surface area (Å²) in [7, 11) is 0. The van der Waals surface area contributed by atoms with Gasteiger partial charge >= 0.3 is 0 Å². The molecule has 1 aromatic carbocycles. The maximum absolute atomic E-state index is 10.4. The Morgan fingerprint density at radius 3 is 2.47 bits per heavy atom. The first-order valence-electron chi connectivity index (χ1n) is 6.69. The third-order valence-corrected chi connectivity index (χ3v) is 3.77. The van der Waals surface area contributed by atoms with Crippen LogP contribution in [0.2, 0.25) is 0 Å². The lowest BCUT2D eigenvalue weighted by Crippen LogP contribution is -2.38. The summed E-state index contributed by atoms with van der Waals surface area (Å²) < 4.78 is 0. The molecule has 0 radical (unpaired) electrons. The molecular formula is C15H23NO. The molecule has 0 aliphatic heterocycles. The molecule has 0 bridgehead atoms. The molecule has 1 aliphatic rings. The van der Waals surface area contributed by atoms with Crippen LogP contribution in [0.15, 0.2) is 30.3 Å². The number of hydrogen-bond acceptors (Lipinski definition) is 2. The van der Waals surface area contributed by atoms with Crippen molar-refractivity contribution < 1.29 is 5.11 Å². The van der Waals surface area contributed by atoms with Gasteiger partial charge in [-0.2, -0.15) is 0 Å². The highest BCUT2D eigenvalue weighted by molar-refractivity contribution is 5.18. The number of aliphatic hydroxyl groups is 1. The Bertz CT molecular complexity index is 334. The molecule has 2 rings (SSSR count). The van der Waals surface area contributed by atoms with Crippen LogP contribution in [0.3, 0.4) is 0 Å². The van der Waals surface area contributed by atoms with Crippen LogP contribution < -0.4 is 0 Å². The van der Waals surface area contributed by atoms with E-state index in [1.54, 1.807) is 0 Å². The zero-order chi connectivity index (χ0) is 12.3. The number of hydrogen-bond donors (Lipinski definition) is 1. The van der Waals surface area contributed by atoms with E-state index in [9.17, 15) is 5.11 Å². The van der Waals surface area contributed by atoms with Gasteiger partial charge in [0.05, 0.1) is 6.10 Å². The van der Waals surface area contributed by atoms with Gasteiger partial charge in [0.1, 0.15) is 0 Å². The molecule has 0 aromatic heterocycles. The second kappa shape index (κ2) is 5.65. The molecule has 0 saturated heterocycles. The molecule has 0 amide bonds. The van der Waals surface area contributed by atoms with Crippen LogP contribution in [0.1, 0.15) is 38.4 Å². The summed E-state index contributed by atoms with van der Waals surface area (Å²) >= 11 is 0. The Morgan fingerprint density at radius 1 is 1.29 bits per heavy atom. The average Bonchev–Trinajstić information content (AvgIpc) is 3.19. The van der Waals surface area contributed by atoms with Gasteiger partial charge in [-0.1, -0.05) is 37.3 Å². The average molecular weight is 233 g/mol. The van der Waals surface area contributed by atoms with Crippen LogP contribution in [0, 0.1) is 5.92 Å². The maximum atomic E-state index is 10.4. The van der Waals surface area contributed by atoms with Gasteiger partial charge in [-0.25, -0.2) is 0 Å². The Kier molecular flexibility index (Phi) is 4.19. The zero-order valence-electron chi connectivity index (χ0n) is 10.8. The summed E-state index contributed by atoms with van der Waals surface area (Å²) in [5.41, 5.74) is 1.02. The minimum atomic E-state index is -0.380. The van der Waals surface area contributed by atoms with Crippen molar-refractivity contribution >= 4 is 0 Å². The summed E-state index contributed by atoms with van der Waals surface area (Å²) in [5, 5.41) is 10.4. The highest BCUT2D eigenvalue weighted by Gasteiger charge is 2.28. The van der Waals surface area contributed by atoms with E-state index in [1.165, 1.54) is 12.8 Å². The third kappa shape index (κ3) is 3.30. The normalized spacial score (nSPS) is 19.3.